The SMILES string of the molecule is CCc1ccc(-c2noc(COC(=O)c3cccc(C)c3[N+](=O)[O-])n2)cc1. The van der Waals surface area contributed by atoms with Gasteiger partial charge in [-0.25, -0.2) is 4.79 Å². The van der Waals surface area contributed by atoms with Crippen molar-refractivity contribution in [3.8, 4) is 11.4 Å². The fraction of sp³-hybridized carbons (Fsp3) is 0.211. The first-order valence-corrected chi connectivity index (χ1v) is 8.32. The van der Waals surface area contributed by atoms with Crippen LogP contribution in [-0.4, -0.2) is 21.0 Å². The second-order valence-electron chi connectivity index (χ2n) is 5.87. The molecular weight excluding hydrogens is 350 g/mol. The molecule has 0 aliphatic rings. The summed E-state index contributed by atoms with van der Waals surface area (Å²) in [6.07, 6.45) is 0.929. The molecule has 0 bridgehead atoms. The number of nitrogens with zero attached hydrogens (tertiary/aromatic N) is 3. The summed E-state index contributed by atoms with van der Waals surface area (Å²) >= 11 is 0. The first kappa shape index (κ1) is 18.2. The van der Waals surface area contributed by atoms with Gasteiger partial charge in [-0.15, -0.1) is 0 Å². The van der Waals surface area contributed by atoms with Crippen LogP contribution in [0.25, 0.3) is 11.4 Å². The Balaban J connectivity index is 1.71. The maximum atomic E-state index is 12.2. The van der Waals surface area contributed by atoms with Crippen molar-refractivity contribution in [2.45, 2.75) is 26.9 Å². The van der Waals surface area contributed by atoms with Crippen molar-refractivity contribution in [3.05, 3.63) is 75.2 Å². The lowest BCUT2D eigenvalue weighted by Gasteiger charge is -2.04. The molecular formula is C19H17N3O5. The molecule has 2 aromatic carbocycles. The molecule has 1 aromatic heterocycles. The van der Waals surface area contributed by atoms with Gasteiger partial charge in [-0.2, -0.15) is 4.98 Å². The topological polar surface area (TPSA) is 108 Å². The molecule has 0 spiro atoms. The van der Waals surface area contributed by atoms with Crippen LogP contribution in [0.3, 0.4) is 0 Å². The predicted molar refractivity (Wildman–Crippen MR) is 96.1 cm³/mol. The van der Waals surface area contributed by atoms with Gasteiger partial charge in [0.25, 0.3) is 11.6 Å². The van der Waals surface area contributed by atoms with Gasteiger partial charge in [0.1, 0.15) is 5.56 Å². The highest BCUT2D eigenvalue weighted by molar-refractivity contribution is 5.94. The van der Waals surface area contributed by atoms with Crippen molar-refractivity contribution in [2.75, 3.05) is 0 Å². The van der Waals surface area contributed by atoms with Crippen LogP contribution in [-0.2, 0) is 17.8 Å². The third-order valence-electron chi connectivity index (χ3n) is 4.06. The van der Waals surface area contributed by atoms with Crippen LogP contribution in [0, 0.1) is 17.0 Å². The van der Waals surface area contributed by atoms with E-state index in [1.165, 1.54) is 11.6 Å². The summed E-state index contributed by atoms with van der Waals surface area (Å²) in [6, 6.07) is 12.2. The van der Waals surface area contributed by atoms with Crippen molar-refractivity contribution in [1.82, 2.24) is 10.1 Å². The van der Waals surface area contributed by atoms with Crippen molar-refractivity contribution >= 4 is 11.7 Å². The number of nitro groups is 1. The zero-order valence-electron chi connectivity index (χ0n) is 14.8. The fourth-order valence-electron chi connectivity index (χ4n) is 2.59. The van der Waals surface area contributed by atoms with Gasteiger partial charge in [0, 0.05) is 11.1 Å². The molecule has 0 fully saturated rings. The minimum Gasteiger partial charge on any atom is -0.452 e. The Hall–Kier alpha value is -3.55. The van der Waals surface area contributed by atoms with Crippen LogP contribution < -0.4 is 0 Å². The van der Waals surface area contributed by atoms with E-state index in [1.54, 1.807) is 19.1 Å². The molecule has 8 nitrogen and oxygen atoms in total. The van der Waals surface area contributed by atoms with Crippen molar-refractivity contribution < 1.29 is 19.0 Å². The van der Waals surface area contributed by atoms with E-state index in [9.17, 15) is 14.9 Å². The van der Waals surface area contributed by atoms with E-state index in [0.29, 0.717) is 11.4 Å². The van der Waals surface area contributed by atoms with Gasteiger partial charge < -0.3 is 9.26 Å². The number of nitro benzene ring substituents is 1. The molecule has 3 rings (SSSR count). The summed E-state index contributed by atoms with van der Waals surface area (Å²) in [6.45, 7) is 3.35. The number of carbonyl (C=O) groups is 1. The first-order chi connectivity index (χ1) is 13.0. The number of esters is 1. The molecule has 0 unspecified atom stereocenters. The molecule has 3 aromatic rings. The van der Waals surface area contributed by atoms with Crippen LogP contribution >= 0.6 is 0 Å². The monoisotopic (exact) mass is 367 g/mol. The number of rotatable bonds is 6. The molecule has 0 radical (unpaired) electrons. The Morgan fingerprint density at radius 1 is 1.22 bits per heavy atom. The van der Waals surface area contributed by atoms with E-state index in [0.717, 1.165) is 12.0 Å². The smallest absolute Gasteiger partial charge is 0.345 e. The molecule has 1 heterocycles. The zero-order valence-corrected chi connectivity index (χ0v) is 14.8. The molecule has 138 valence electrons. The number of hydrogen-bond donors (Lipinski definition) is 0. The molecule has 0 atom stereocenters. The van der Waals surface area contributed by atoms with Crippen LogP contribution in [0.4, 0.5) is 5.69 Å². The van der Waals surface area contributed by atoms with Crippen LogP contribution in [0.5, 0.6) is 0 Å². The lowest BCUT2D eigenvalue weighted by atomic mass is 10.1. The molecule has 8 heteroatoms. The number of aromatic nitrogens is 2. The van der Waals surface area contributed by atoms with E-state index < -0.39 is 10.9 Å². The Kier molecular flexibility index (Phi) is 5.25. The fourth-order valence-corrected chi connectivity index (χ4v) is 2.59. The van der Waals surface area contributed by atoms with E-state index >= 15 is 0 Å². The largest absolute Gasteiger partial charge is 0.452 e. The van der Waals surface area contributed by atoms with Gasteiger partial charge >= 0.3 is 5.97 Å². The summed E-state index contributed by atoms with van der Waals surface area (Å²) in [5.74, 6) is -0.337. The highest BCUT2D eigenvalue weighted by Gasteiger charge is 2.24. The van der Waals surface area contributed by atoms with Gasteiger partial charge in [-0.05, 0) is 25.0 Å². The van der Waals surface area contributed by atoms with Crippen molar-refractivity contribution in [1.29, 1.82) is 0 Å². The lowest BCUT2D eigenvalue weighted by Crippen LogP contribution is -2.09. The summed E-state index contributed by atoms with van der Waals surface area (Å²) in [5.41, 5.74) is 1.96. The standard InChI is InChI=1S/C19H17N3O5/c1-3-13-7-9-14(10-8-13)18-20-16(27-21-18)11-26-19(23)15-6-4-5-12(2)17(15)22(24)25/h4-10H,3,11H2,1-2H3. The number of aryl methyl sites for hydroxylation is 2. The summed E-state index contributed by atoms with van der Waals surface area (Å²) in [4.78, 5) is 27.0. The van der Waals surface area contributed by atoms with E-state index in [4.69, 9.17) is 9.26 Å². The Morgan fingerprint density at radius 2 is 1.96 bits per heavy atom. The molecule has 0 N–H and O–H groups in total. The van der Waals surface area contributed by atoms with E-state index in [2.05, 4.69) is 17.1 Å². The average Bonchev–Trinajstić information content (AvgIpc) is 3.14. The van der Waals surface area contributed by atoms with Crippen LogP contribution in [0.1, 0.15) is 34.3 Å². The van der Waals surface area contributed by atoms with Crippen LogP contribution in [0.15, 0.2) is 47.0 Å². The third-order valence-corrected chi connectivity index (χ3v) is 4.06. The maximum absolute atomic E-state index is 12.2. The second kappa shape index (κ2) is 7.77. The molecule has 0 amide bonds. The first-order valence-electron chi connectivity index (χ1n) is 8.32. The van der Waals surface area contributed by atoms with Gasteiger partial charge in [0.2, 0.25) is 5.82 Å². The number of hydrogen-bond acceptors (Lipinski definition) is 7. The van der Waals surface area contributed by atoms with Gasteiger partial charge in [0.15, 0.2) is 6.61 Å². The summed E-state index contributed by atoms with van der Waals surface area (Å²) in [7, 11) is 0. The number of benzene rings is 2. The van der Waals surface area contributed by atoms with Gasteiger partial charge in [0.05, 0.1) is 4.92 Å². The second-order valence-corrected chi connectivity index (χ2v) is 5.87. The minimum atomic E-state index is -0.822. The van der Waals surface area contributed by atoms with Gasteiger partial charge in [-0.3, -0.25) is 10.1 Å². The Morgan fingerprint density at radius 3 is 2.63 bits per heavy atom. The highest BCUT2D eigenvalue weighted by atomic mass is 16.6. The normalized spacial score (nSPS) is 10.6. The molecule has 0 aliphatic carbocycles. The molecule has 0 aliphatic heterocycles. The Bertz CT molecular complexity index is 979. The molecule has 0 saturated heterocycles. The van der Waals surface area contributed by atoms with E-state index in [-0.39, 0.29) is 23.7 Å². The van der Waals surface area contributed by atoms with E-state index in [1.807, 2.05) is 24.3 Å². The molecule has 27 heavy (non-hydrogen) atoms. The Labute approximate surface area is 154 Å². The van der Waals surface area contributed by atoms with Crippen molar-refractivity contribution in [3.63, 3.8) is 0 Å². The number of para-hydroxylation sites is 1. The zero-order chi connectivity index (χ0) is 19.4. The predicted octanol–water partition coefficient (Wildman–Crippen LogP) is 3.87. The summed E-state index contributed by atoms with van der Waals surface area (Å²) in [5, 5.41) is 15.1. The highest BCUT2D eigenvalue weighted by Crippen LogP contribution is 2.24. The van der Waals surface area contributed by atoms with Crippen LogP contribution in [0.2, 0.25) is 0 Å². The maximum Gasteiger partial charge on any atom is 0.345 e. The quantitative estimate of drug-likeness (QED) is 0.369. The average molecular weight is 367 g/mol. The van der Waals surface area contributed by atoms with Gasteiger partial charge in [-0.1, -0.05) is 48.5 Å². The third kappa shape index (κ3) is 4.00. The molecule has 0 saturated carbocycles. The number of carbonyl (C=O) groups excluding carboxylic acids is 1. The number of ether oxygens (including phenoxy) is 1. The van der Waals surface area contributed by atoms with Crippen molar-refractivity contribution in [2.24, 2.45) is 0 Å². The summed E-state index contributed by atoms with van der Waals surface area (Å²) < 4.78 is 10.2. The minimum absolute atomic E-state index is 0.105. The lowest BCUT2D eigenvalue weighted by molar-refractivity contribution is -0.385.